The summed E-state index contributed by atoms with van der Waals surface area (Å²) < 4.78 is 34.4. The van der Waals surface area contributed by atoms with E-state index in [0.717, 1.165) is 4.31 Å². The topological polar surface area (TPSA) is 109 Å². The number of anilines is 2. The molecule has 37 heavy (non-hydrogen) atoms. The first-order chi connectivity index (χ1) is 17.5. The number of sulfonamides is 1. The smallest absolute Gasteiger partial charge is 0.265 e. The van der Waals surface area contributed by atoms with Gasteiger partial charge < -0.3 is 15.0 Å². The Kier molecular flexibility index (Phi) is 7.84. The highest BCUT2D eigenvalue weighted by Gasteiger charge is 2.37. The van der Waals surface area contributed by atoms with Gasteiger partial charge in [-0.2, -0.15) is 0 Å². The zero-order valence-electron chi connectivity index (χ0n) is 19.6. The van der Waals surface area contributed by atoms with Crippen LogP contribution in [0.5, 0.6) is 5.75 Å². The minimum atomic E-state index is -4.15. The lowest BCUT2D eigenvalue weighted by Gasteiger charge is -2.36. The summed E-state index contributed by atoms with van der Waals surface area (Å²) in [5.41, 5.74) is 0.0531. The Morgan fingerprint density at radius 3 is 2.43 bits per heavy atom. The lowest BCUT2D eigenvalue weighted by molar-refractivity contribution is -0.128. The van der Waals surface area contributed by atoms with Crippen molar-refractivity contribution in [3.05, 3.63) is 75.2 Å². The first-order valence-electron chi connectivity index (χ1n) is 10.9. The molecule has 2 amide bonds. The molecule has 1 N–H and O–H groups in total. The molecule has 13 heteroatoms. The molecule has 9 nitrogen and oxygen atoms in total. The molecule has 0 spiro atoms. The van der Waals surface area contributed by atoms with E-state index in [1.54, 1.807) is 19.2 Å². The fourth-order valence-electron chi connectivity index (χ4n) is 3.65. The molecule has 2 aromatic carbocycles. The van der Waals surface area contributed by atoms with Crippen molar-refractivity contribution in [2.24, 2.45) is 0 Å². The number of nitrogens with one attached hydrogen (secondary N) is 1. The number of hydrogen-bond acceptors (Lipinski definition) is 6. The summed E-state index contributed by atoms with van der Waals surface area (Å²) in [6.45, 7) is 1.40. The molecule has 4 rings (SSSR count). The molecule has 0 saturated heterocycles. The molecular weight excluding hydrogens is 563 g/mol. The monoisotopic (exact) mass is 582 g/mol. The van der Waals surface area contributed by atoms with Crippen molar-refractivity contribution in [1.29, 1.82) is 0 Å². The summed E-state index contributed by atoms with van der Waals surface area (Å²) in [4.78, 5) is 30.4. The Hall–Kier alpha value is -3.05. The van der Waals surface area contributed by atoms with E-state index in [0.29, 0.717) is 0 Å². The molecule has 1 aliphatic heterocycles. The molecule has 1 atom stereocenters. The van der Waals surface area contributed by atoms with Crippen LogP contribution in [0.4, 0.5) is 11.6 Å². The van der Waals surface area contributed by atoms with Crippen molar-refractivity contribution in [3.63, 3.8) is 0 Å². The zero-order valence-corrected chi connectivity index (χ0v) is 22.7. The van der Waals surface area contributed by atoms with Gasteiger partial charge in [0.25, 0.3) is 15.9 Å². The van der Waals surface area contributed by atoms with Crippen LogP contribution in [0, 0.1) is 0 Å². The van der Waals surface area contributed by atoms with Gasteiger partial charge >= 0.3 is 0 Å². The summed E-state index contributed by atoms with van der Waals surface area (Å²) in [5, 5.41) is 3.14. The Labute approximate surface area is 228 Å². The van der Waals surface area contributed by atoms with Crippen molar-refractivity contribution in [2.45, 2.75) is 17.9 Å². The van der Waals surface area contributed by atoms with E-state index >= 15 is 0 Å². The van der Waals surface area contributed by atoms with Crippen LogP contribution in [-0.2, 0) is 14.8 Å². The maximum Gasteiger partial charge on any atom is 0.265 e. The number of fused-ring (bicyclic) bond motifs is 1. The van der Waals surface area contributed by atoms with Crippen molar-refractivity contribution in [2.75, 3.05) is 29.8 Å². The number of carbonyl (C=O) groups excluding carboxylic acids is 2. The largest absolute Gasteiger partial charge is 0.483 e. The minimum absolute atomic E-state index is 0.0373. The number of likely N-dealkylation sites (N-methyl/N-ethyl adjacent to an activating group) is 1. The standard InChI is InChI=1S/C24H21Cl3N4O5S/c1-14(32)30(2)12-16-13-31(37(34,35)17-6-3-5-15(25)11-17)23-20(36-16)9-10-21(28-23)29-24(33)22-18(26)7-4-8-19(22)27/h3-11,16H,12-13H2,1-2H3,(H,28,29,33)/t16-/m0/s1. The Morgan fingerprint density at radius 2 is 1.78 bits per heavy atom. The van der Waals surface area contributed by atoms with Gasteiger partial charge in [-0.1, -0.05) is 46.9 Å². The highest BCUT2D eigenvalue weighted by Crippen LogP contribution is 2.37. The number of amides is 2. The van der Waals surface area contributed by atoms with Gasteiger partial charge in [0.15, 0.2) is 11.6 Å². The molecule has 0 unspecified atom stereocenters. The van der Waals surface area contributed by atoms with Gasteiger partial charge in [-0.25, -0.2) is 17.7 Å². The number of ether oxygens (including phenoxy) is 1. The summed E-state index contributed by atoms with van der Waals surface area (Å²) in [7, 11) is -2.56. The van der Waals surface area contributed by atoms with Gasteiger partial charge in [0.2, 0.25) is 5.91 Å². The molecule has 3 aromatic rings. The van der Waals surface area contributed by atoms with E-state index < -0.39 is 22.0 Å². The van der Waals surface area contributed by atoms with Gasteiger partial charge in [0, 0.05) is 19.0 Å². The fraction of sp³-hybridized carbons (Fsp3) is 0.208. The maximum atomic E-state index is 13.7. The van der Waals surface area contributed by atoms with Crippen LogP contribution in [0.15, 0.2) is 59.5 Å². The fourth-order valence-corrected chi connectivity index (χ4v) is 5.98. The van der Waals surface area contributed by atoms with Crippen LogP contribution in [0.1, 0.15) is 17.3 Å². The number of hydrogen-bond donors (Lipinski definition) is 1. The summed E-state index contributed by atoms with van der Waals surface area (Å²) in [6.07, 6.45) is -0.681. The number of carbonyl (C=O) groups is 2. The first kappa shape index (κ1) is 27.0. The van der Waals surface area contributed by atoms with Gasteiger partial charge in [-0.15, -0.1) is 0 Å². The molecule has 0 aliphatic carbocycles. The molecule has 0 radical (unpaired) electrons. The highest BCUT2D eigenvalue weighted by atomic mass is 35.5. The lowest BCUT2D eigenvalue weighted by atomic mass is 10.2. The van der Waals surface area contributed by atoms with Crippen molar-refractivity contribution >= 4 is 68.3 Å². The van der Waals surface area contributed by atoms with E-state index in [4.69, 9.17) is 39.5 Å². The molecule has 1 aliphatic rings. The average molecular weight is 584 g/mol. The summed E-state index contributed by atoms with van der Waals surface area (Å²) in [5.74, 6) is -0.649. The van der Waals surface area contributed by atoms with E-state index in [-0.39, 0.29) is 61.9 Å². The first-order valence-corrected chi connectivity index (χ1v) is 13.5. The molecular formula is C24H21Cl3N4O5S. The second-order valence-corrected chi connectivity index (χ2v) is 11.3. The van der Waals surface area contributed by atoms with E-state index in [1.165, 1.54) is 54.3 Å². The van der Waals surface area contributed by atoms with Crippen LogP contribution in [0.3, 0.4) is 0 Å². The third-order valence-electron chi connectivity index (χ3n) is 5.57. The lowest BCUT2D eigenvalue weighted by Crippen LogP contribution is -2.48. The van der Waals surface area contributed by atoms with Crippen molar-refractivity contribution in [3.8, 4) is 5.75 Å². The molecule has 0 saturated carbocycles. The van der Waals surface area contributed by atoms with Crippen LogP contribution in [-0.4, -0.2) is 56.4 Å². The van der Waals surface area contributed by atoms with Gasteiger partial charge in [-0.05, 0) is 42.5 Å². The number of rotatable bonds is 6. The second-order valence-electron chi connectivity index (χ2n) is 8.20. The normalized spacial score (nSPS) is 14.9. The van der Waals surface area contributed by atoms with Crippen molar-refractivity contribution < 1.29 is 22.7 Å². The average Bonchev–Trinajstić information content (AvgIpc) is 2.83. The molecule has 0 bridgehead atoms. The molecule has 194 valence electrons. The van der Waals surface area contributed by atoms with Gasteiger partial charge in [0.05, 0.1) is 33.6 Å². The van der Waals surface area contributed by atoms with Gasteiger partial charge in [0.1, 0.15) is 11.9 Å². The summed E-state index contributed by atoms with van der Waals surface area (Å²) >= 11 is 18.3. The molecule has 0 fully saturated rings. The Morgan fingerprint density at radius 1 is 1.11 bits per heavy atom. The number of benzene rings is 2. The van der Waals surface area contributed by atoms with E-state index in [9.17, 15) is 18.0 Å². The third kappa shape index (κ3) is 5.77. The maximum absolute atomic E-state index is 13.7. The molecule has 1 aromatic heterocycles. The van der Waals surface area contributed by atoms with Gasteiger partial charge in [-0.3, -0.25) is 9.59 Å². The quantitative estimate of drug-likeness (QED) is 0.450. The number of halogens is 3. The Bertz CT molecular complexity index is 1460. The number of aromatic nitrogens is 1. The number of pyridine rings is 1. The minimum Gasteiger partial charge on any atom is -0.483 e. The predicted octanol–water partition coefficient (Wildman–Crippen LogP) is 4.73. The Balaban J connectivity index is 1.73. The van der Waals surface area contributed by atoms with Crippen LogP contribution < -0.4 is 14.4 Å². The highest BCUT2D eigenvalue weighted by molar-refractivity contribution is 7.92. The predicted molar refractivity (Wildman–Crippen MR) is 142 cm³/mol. The second kappa shape index (κ2) is 10.7. The van der Waals surface area contributed by atoms with E-state index in [2.05, 4.69) is 10.3 Å². The summed E-state index contributed by atoms with van der Waals surface area (Å²) in [6, 6.07) is 13.4. The van der Waals surface area contributed by atoms with Crippen LogP contribution >= 0.6 is 34.8 Å². The van der Waals surface area contributed by atoms with Crippen LogP contribution in [0.2, 0.25) is 15.1 Å². The van der Waals surface area contributed by atoms with Crippen LogP contribution in [0.25, 0.3) is 0 Å². The van der Waals surface area contributed by atoms with E-state index in [1.807, 2.05) is 0 Å². The third-order valence-corrected chi connectivity index (χ3v) is 8.19. The van der Waals surface area contributed by atoms with Crippen molar-refractivity contribution in [1.82, 2.24) is 9.88 Å². The zero-order chi connectivity index (χ0) is 26.9. The number of nitrogens with zero attached hydrogens (tertiary/aromatic N) is 3. The molecule has 2 heterocycles. The SMILES string of the molecule is CC(=O)N(C)C[C@H]1CN(S(=O)(=O)c2cccc(Cl)c2)c2nc(NC(=O)c3c(Cl)cccc3Cl)ccc2O1.